The number of benzene rings is 2. The van der Waals surface area contributed by atoms with Crippen LogP contribution < -0.4 is 4.74 Å². The Morgan fingerprint density at radius 2 is 1.67 bits per heavy atom. The molecule has 2 aromatic carbocycles. The lowest BCUT2D eigenvalue weighted by Gasteiger charge is -2.14. The highest BCUT2D eigenvalue weighted by Gasteiger charge is 2.11. The fourth-order valence-electron chi connectivity index (χ4n) is 2.54. The first-order chi connectivity index (χ1) is 9.93. The minimum absolute atomic E-state index is 0.305. The lowest BCUT2D eigenvalue weighted by molar-refractivity contribution is 0.0697. The van der Waals surface area contributed by atoms with Crippen LogP contribution in [-0.2, 0) is 0 Å². The van der Waals surface area contributed by atoms with Crippen molar-refractivity contribution in [2.75, 3.05) is 6.61 Å². The molecule has 0 amide bonds. The molecule has 0 fully saturated rings. The van der Waals surface area contributed by atoms with Crippen LogP contribution in [0, 0.1) is 20.8 Å². The largest absolute Gasteiger partial charge is 0.493 e. The van der Waals surface area contributed by atoms with Gasteiger partial charge in [-0.3, -0.25) is 0 Å². The molecular formula is C18H20O3. The van der Waals surface area contributed by atoms with Crippen molar-refractivity contribution in [3.05, 3.63) is 52.6 Å². The molecule has 0 saturated carbocycles. The summed E-state index contributed by atoms with van der Waals surface area (Å²) in [5.41, 5.74) is 5.46. The molecule has 0 aromatic heterocycles. The van der Waals surface area contributed by atoms with Crippen LogP contribution in [0.3, 0.4) is 0 Å². The molecule has 3 nitrogen and oxygen atoms in total. The zero-order valence-electron chi connectivity index (χ0n) is 12.9. The highest BCUT2D eigenvalue weighted by Crippen LogP contribution is 2.32. The number of aromatic carboxylic acids is 1. The number of hydrogen-bond donors (Lipinski definition) is 1. The van der Waals surface area contributed by atoms with Gasteiger partial charge in [0.1, 0.15) is 5.75 Å². The first-order valence-electron chi connectivity index (χ1n) is 7.02. The molecule has 21 heavy (non-hydrogen) atoms. The normalized spacial score (nSPS) is 10.5. The van der Waals surface area contributed by atoms with Crippen LogP contribution in [-0.4, -0.2) is 17.7 Å². The van der Waals surface area contributed by atoms with Crippen molar-refractivity contribution in [2.45, 2.75) is 27.7 Å². The Hall–Kier alpha value is -2.29. The highest BCUT2D eigenvalue weighted by molar-refractivity contribution is 5.90. The zero-order chi connectivity index (χ0) is 15.6. The SMILES string of the molecule is CCOc1c(C)cc(-c2cc(C(=O)O)ccc2C)cc1C. The van der Waals surface area contributed by atoms with E-state index in [0.717, 1.165) is 33.6 Å². The second-order valence-electron chi connectivity index (χ2n) is 5.21. The van der Waals surface area contributed by atoms with Gasteiger partial charge < -0.3 is 9.84 Å². The predicted octanol–water partition coefficient (Wildman–Crippen LogP) is 4.38. The van der Waals surface area contributed by atoms with Crippen LogP contribution in [0.2, 0.25) is 0 Å². The Morgan fingerprint density at radius 3 is 2.19 bits per heavy atom. The smallest absolute Gasteiger partial charge is 0.335 e. The van der Waals surface area contributed by atoms with Crippen LogP contribution in [0.4, 0.5) is 0 Å². The molecule has 0 heterocycles. The van der Waals surface area contributed by atoms with Crippen molar-refractivity contribution in [3.8, 4) is 16.9 Å². The molecular weight excluding hydrogens is 264 g/mol. The zero-order valence-corrected chi connectivity index (χ0v) is 12.9. The number of carbonyl (C=O) groups is 1. The van der Waals surface area contributed by atoms with Gasteiger partial charge in [0.05, 0.1) is 12.2 Å². The van der Waals surface area contributed by atoms with E-state index in [0.29, 0.717) is 12.2 Å². The van der Waals surface area contributed by atoms with Gasteiger partial charge in [0.15, 0.2) is 0 Å². The maximum absolute atomic E-state index is 11.1. The number of carboxylic acids is 1. The first-order valence-corrected chi connectivity index (χ1v) is 7.02. The summed E-state index contributed by atoms with van der Waals surface area (Å²) in [4.78, 5) is 11.1. The molecule has 2 rings (SSSR count). The fraction of sp³-hybridized carbons (Fsp3) is 0.278. The van der Waals surface area contributed by atoms with Gasteiger partial charge >= 0.3 is 5.97 Å². The summed E-state index contributed by atoms with van der Waals surface area (Å²) < 4.78 is 5.66. The van der Waals surface area contributed by atoms with Crippen LogP contribution in [0.5, 0.6) is 5.75 Å². The van der Waals surface area contributed by atoms with E-state index in [9.17, 15) is 4.79 Å². The molecule has 0 unspecified atom stereocenters. The molecule has 110 valence electrons. The van der Waals surface area contributed by atoms with E-state index in [1.54, 1.807) is 12.1 Å². The molecule has 0 radical (unpaired) electrons. The number of rotatable bonds is 4. The van der Waals surface area contributed by atoms with E-state index in [4.69, 9.17) is 9.84 Å². The third-order valence-electron chi connectivity index (χ3n) is 3.54. The van der Waals surface area contributed by atoms with Crippen molar-refractivity contribution in [1.29, 1.82) is 0 Å². The third kappa shape index (κ3) is 3.07. The second-order valence-corrected chi connectivity index (χ2v) is 5.21. The van der Waals surface area contributed by atoms with E-state index in [1.807, 2.05) is 45.9 Å². The lowest BCUT2D eigenvalue weighted by atomic mass is 9.95. The number of hydrogen-bond acceptors (Lipinski definition) is 2. The summed E-state index contributed by atoms with van der Waals surface area (Å²) >= 11 is 0. The number of aryl methyl sites for hydroxylation is 3. The van der Waals surface area contributed by atoms with Gasteiger partial charge in [-0.15, -0.1) is 0 Å². The summed E-state index contributed by atoms with van der Waals surface area (Å²) in [7, 11) is 0. The van der Waals surface area contributed by atoms with E-state index >= 15 is 0 Å². The van der Waals surface area contributed by atoms with Gasteiger partial charge in [-0.1, -0.05) is 6.07 Å². The van der Waals surface area contributed by atoms with E-state index in [-0.39, 0.29) is 0 Å². The summed E-state index contributed by atoms with van der Waals surface area (Å²) in [6, 6.07) is 9.31. The molecule has 0 saturated heterocycles. The summed E-state index contributed by atoms with van der Waals surface area (Å²) in [5.74, 6) is 0.00363. The summed E-state index contributed by atoms with van der Waals surface area (Å²) in [6.45, 7) is 8.61. The van der Waals surface area contributed by atoms with Crippen LogP contribution in [0.1, 0.15) is 34.0 Å². The molecule has 0 aliphatic heterocycles. The Kier molecular flexibility index (Phi) is 4.32. The quantitative estimate of drug-likeness (QED) is 0.906. The number of carboxylic acid groups (broad SMARTS) is 1. The molecule has 0 spiro atoms. The van der Waals surface area contributed by atoms with Crippen molar-refractivity contribution in [1.82, 2.24) is 0 Å². The van der Waals surface area contributed by atoms with Gasteiger partial charge in [0, 0.05) is 0 Å². The van der Waals surface area contributed by atoms with Gasteiger partial charge in [-0.05, 0) is 79.8 Å². The standard InChI is InChI=1S/C18H20O3/c1-5-21-17-12(3)8-15(9-13(17)4)16-10-14(18(19)20)7-6-11(16)2/h6-10H,5H2,1-4H3,(H,19,20). The molecule has 0 atom stereocenters. The predicted molar refractivity (Wildman–Crippen MR) is 84.2 cm³/mol. The molecule has 0 aliphatic carbocycles. The fourth-order valence-corrected chi connectivity index (χ4v) is 2.54. The Bertz CT molecular complexity index is 664. The van der Waals surface area contributed by atoms with Gasteiger partial charge in [0.25, 0.3) is 0 Å². The minimum atomic E-state index is -0.907. The molecule has 0 aliphatic rings. The first kappa shape index (κ1) is 15.1. The average molecular weight is 284 g/mol. The molecule has 1 N–H and O–H groups in total. The highest BCUT2D eigenvalue weighted by atomic mass is 16.5. The average Bonchev–Trinajstić information content (AvgIpc) is 2.43. The van der Waals surface area contributed by atoms with Crippen LogP contribution >= 0.6 is 0 Å². The molecule has 3 heteroatoms. The van der Waals surface area contributed by atoms with E-state index < -0.39 is 5.97 Å². The van der Waals surface area contributed by atoms with Crippen LogP contribution in [0.15, 0.2) is 30.3 Å². The van der Waals surface area contributed by atoms with Gasteiger partial charge in [0.2, 0.25) is 0 Å². The topological polar surface area (TPSA) is 46.5 Å². The number of ether oxygens (including phenoxy) is 1. The Morgan fingerprint density at radius 1 is 1.05 bits per heavy atom. The Balaban J connectivity index is 2.57. The minimum Gasteiger partial charge on any atom is -0.493 e. The lowest BCUT2D eigenvalue weighted by Crippen LogP contribution is -1.99. The van der Waals surface area contributed by atoms with Crippen molar-refractivity contribution >= 4 is 5.97 Å². The van der Waals surface area contributed by atoms with Crippen molar-refractivity contribution in [2.24, 2.45) is 0 Å². The van der Waals surface area contributed by atoms with Crippen molar-refractivity contribution in [3.63, 3.8) is 0 Å². The van der Waals surface area contributed by atoms with E-state index in [1.165, 1.54) is 0 Å². The molecule has 0 bridgehead atoms. The summed E-state index contributed by atoms with van der Waals surface area (Å²) in [6.07, 6.45) is 0. The Labute approximate surface area is 125 Å². The maximum atomic E-state index is 11.1. The van der Waals surface area contributed by atoms with Crippen LogP contribution in [0.25, 0.3) is 11.1 Å². The van der Waals surface area contributed by atoms with E-state index in [2.05, 4.69) is 0 Å². The third-order valence-corrected chi connectivity index (χ3v) is 3.54. The maximum Gasteiger partial charge on any atom is 0.335 e. The second kappa shape index (κ2) is 6.00. The molecule has 2 aromatic rings. The van der Waals surface area contributed by atoms with Gasteiger partial charge in [-0.25, -0.2) is 4.79 Å². The monoisotopic (exact) mass is 284 g/mol. The van der Waals surface area contributed by atoms with Crippen molar-refractivity contribution < 1.29 is 14.6 Å². The van der Waals surface area contributed by atoms with Gasteiger partial charge in [-0.2, -0.15) is 0 Å². The summed E-state index contributed by atoms with van der Waals surface area (Å²) in [5, 5.41) is 9.15.